The maximum atomic E-state index is 14.7. The topological polar surface area (TPSA) is 83.9 Å². The number of anilines is 2. The first-order valence-corrected chi connectivity index (χ1v) is 13.2. The van der Waals surface area contributed by atoms with Gasteiger partial charge < -0.3 is 20.5 Å². The van der Waals surface area contributed by atoms with Gasteiger partial charge in [0, 0.05) is 22.7 Å². The molecule has 0 spiro atoms. The van der Waals surface area contributed by atoms with Crippen LogP contribution in [0.2, 0.25) is 0 Å². The SMILES string of the molecule is CC1(C)Cc2c(sc(Nc3ccc(I)cc3F)c2C(=O)NC2CCNC2)-c2nnc(C(F)(F)F)n2C1.Cl. The number of thiophene rings is 1. The number of carbonyl (C=O) groups excluding carboxylic acids is 1. The molecule has 1 unspecified atom stereocenters. The van der Waals surface area contributed by atoms with Crippen molar-refractivity contribution in [2.45, 2.75) is 45.5 Å². The Balaban J connectivity index is 0.00000320. The molecule has 3 N–H and O–H groups in total. The van der Waals surface area contributed by atoms with E-state index in [9.17, 15) is 22.4 Å². The summed E-state index contributed by atoms with van der Waals surface area (Å²) in [5.41, 5.74) is 0.415. The summed E-state index contributed by atoms with van der Waals surface area (Å²) >= 11 is 3.09. The normalized spacial score (nSPS) is 18.4. The Morgan fingerprint density at radius 3 is 2.70 bits per heavy atom. The fourth-order valence-corrected chi connectivity index (χ4v) is 6.36. The van der Waals surface area contributed by atoms with Gasteiger partial charge in [-0.25, -0.2) is 4.39 Å². The molecular formula is C23H24ClF4IN6OS. The standard InChI is InChI=1S/C23H23F4IN6OS.ClH/c1-22(2)8-13-16(19(35)30-12-5-6-29-9-12)20(31-15-4-3-11(28)7-14(15)24)36-17(13)18-32-33-21(23(25,26)27)34(18)10-22;/h3-4,7,12,29,31H,5-6,8-10H2,1-2H3,(H,30,35);1H. The van der Waals surface area contributed by atoms with E-state index in [-0.39, 0.29) is 42.4 Å². The van der Waals surface area contributed by atoms with Gasteiger partial charge in [0.05, 0.1) is 16.1 Å². The Bertz CT molecular complexity index is 1340. The third-order valence-corrected chi connectivity index (χ3v) is 8.07. The monoisotopic (exact) mass is 670 g/mol. The molecule has 4 heterocycles. The fourth-order valence-electron chi connectivity index (χ4n) is 4.68. The van der Waals surface area contributed by atoms with Crippen molar-refractivity contribution >= 4 is 62.9 Å². The summed E-state index contributed by atoms with van der Waals surface area (Å²) in [5, 5.41) is 17.0. The van der Waals surface area contributed by atoms with E-state index in [1.54, 1.807) is 12.1 Å². The largest absolute Gasteiger partial charge is 0.451 e. The Kier molecular flexibility index (Phi) is 7.81. The minimum absolute atomic E-state index is 0. The molecule has 2 aliphatic heterocycles. The number of rotatable bonds is 4. The van der Waals surface area contributed by atoms with Crippen LogP contribution in [0.25, 0.3) is 10.7 Å². The number of nitrogens with zero attached hydrogens (tertiary/aromatic N) is 3. The highest BCUT2D eigenvalue weighted by molar-refractivity contribution is 14.1. The van der Waals surface area contributed by atoms with E-state index >= 15 is 0 Å². The van der Waals surface area contributed by atoms with Crippen LogP contribution in [0.1, 0.15) is 42.0 Å². The summed E-state index contributed by atoms with van der Waals surface area (Å²) in [4.78, 5) is 14.0. The summed E-state index contributed by atoms with van der Waals surface area (Å²) in [5.74, 6) is -1.87. The van der Waals surface area contributed by atoms with E-state index in [4.69, 9.17) is 0 Å². The van der Waals surface area contributed by atoms with Gasteiger partial charge in [0.2, 0.25) is 5.82 Å². The van der Waals surface area contributed by atoms with E-state index in [1.807, 2.05) is 36.4 Å². The molecule has 5 rings (SSSR count). The third-order valence-electron chi connectivity index (χ3n) is 6.26. The van der Waals surface area contributed by atoms with Crippen molar-refractivity contribution in [3.05, 3.63) is 44.5 Å². The summed E-state index contributed by atoms with van der Waals surface area (Å²) in [7, 11) is 0. The fraction of sp³-hybridized carbons (Fsp3) is 0.435. The lowest BCUT2D eigenvalue weighted by Gasteiger charge is -2.25. The van der Waals surface area contributed by atoms with Crippen LogP contribution in [0, 0.1) is 14.8 Å². The second-order valence-electron chi connectivity index (χ2n) is 9.80. The first-order chi connectivity index (χ1) is 16.9. The third kappa shape index (κ3) is 5.59. The smallest absolute Gasteiger partial charge is 0.348 e. The van der Waals surface area contributed by atoms with Gasteiger partial charge in [-0.3, -0.25) is 4.79 Å². The van der Waals surface area contributed by atoms with Gasteiger partial charge >= 0.3 is 6.18 Å². The van der Waals surface area contributed by atoms with Gasteiger partial charge in [0.15, 0.2) is 5.82 Å². The number of hydrogen-bond donors (Lipinski definition) is 3. The van der Waals surface area contributed by atoms with Crippen LogP contribution in [0.4, 0.5) is 28.3 Å². The van der Waals surface area contributed by atoms with Crippen LogP contribution >= 0.6 is 46.3 Å². The summed E-state index contributed by atoms with van der Waals surface area (Å²) in [6, 6.07) is 4.58. The summed E-state index contributed by atoms with van der Waals surface area (Å²) in [6.45, 7) is 5.13. The van der Waals surface area contributed by atoms with Gasteiger partial charge in [-0.15, -0.1) is 33.9 Å². The summed E-state index contributed by atoms with van der Waals surface area (Å²) in [6.07, 6.45) is -3.58. The highest BCUT2D eigenvalue weighted by Crippen LogP contribution is 2.47. The molecule has 3 aromatic rings. The van der Waals surface area contributed by atoms with Crippen LogP contribution < -0.4 is 16.0 Å². The Hall–Kier alpha value is -1.97. The van der Waals surface area contributed by atoms with Crippen LogP contribution in [0.5, 0.6) is 0 Å². The molecule has 37 heavy (non-hydrogen) atoms. The van der Waals surface area contributed by atoms with E-state index in [1.165, 1.54) is 6.07 Å². The lowest BCUT2D eigenvalue weighted by Crippen LogP contribution is -2.37. The number of hydrogen-bond acceptors (Lipinski definition) is 6. The highest BCUT2D eigenvalue weighted by atomic mass is 127. The van der Waals surface area contributed by atoms with Gasteiger partial charge in [0.1, 0.15) is 10.8 Å². The molecule has 2 aliphatic rings. The molecule has 200 valence electrons. The maximum Gasteiger partial charge on any atom is 0.451 e. The zero-order valence-electron chi connectivity index (χ0n) is 19.8. The molecular weight excluding hydrogens is 647 g/mol. The first kappa shape index (κ1) is 28.0. The van der Waals surface area contributed by atoms with Crippen LogP contribution in [0.15, 0.2) is 18.2 Å². The average Bonchev–Trinajstić information content (AvgIpc) is 3.47. The minimum Gasteiger partial charge on any atom is -0.348 e. The van der Waals surface area contributed by atoms with Crippen molar-refractivity contribution in [3.8, 4) is 10.7 Å². The second kappa shape index (κ2) is 10.3. The van der Waals surface area contributed by atoms with Crippen molar-refractivity contribution in [1.82, 2.24) is 25.4 Å². The number of benzene rings is 1. The second-order valence-corrected chi connectivity index (χ2v) is 12.1. The molecule has 0 saturated carbocycles. The summed E-state index contributed by atoms with van der Waals surface area (Å²) < 4.78 is 57.7. The molecule has 1 atom stereocenters. The van der Waals surface area contributed by atoms with Gasteiger partial charge in [0.25, 0.3) is 5.91 Å². The molecule has 1 saturated heterocycles. The Morgan fingerprint density at radius 2 is 2.05 bits per heavy atom. The number of nitrogens with one attached hydrogen (secondary N) is 3. The van der Waals surface area contributed by atoms with Crippen molar-refractivity contribution in [2.75, 3.05) is 18.4 Å². The Labute approximate surface area is 234 Å². The molecule has 14 heteroatoms. The van der Waals surface area contributed by atoms with E-state index in [2.05, 4.69) is 26.1 Å². The highest BCUT2D eigenvalue weighted by Gasteiger charge is 2.43. The van der Waals surface area contributed by atoms with Crippen LogP contribution in [-0.2, 0) is 19.1 Å². The van der Waals surface area contributed by atoms with Crippen LogP contribution in [0.3, 0.4) is 0 Å². The molecule has 1 fully saturated rings. The quantitative estimate of drug-likeness (QED) is 0.249. The van der Waals surface area contributed by atoms with E-state index < -0.39 is 23.2 Å². The molecule has 2 aromatic heterocycles. The zero-order chi connectivity index (χ0) is 25.8. The number of aromatic nitrogens is 3. The number of fused-ring (bicyclic) bond motifs is 3. The molecule has 0 radical (unpaired) electrons. The lowest BCUT2D eigenvalue weighted by molar-refractivity contribution is -0.147. The van der Waals surface area contributed by atoms with Crippen molar-refractivity contribution < 1.29 is 22.4 Å². The molecule has 0 bridgehead atoms. The van der Waals surface area contributed by atoms with E-state index in [0.717, 1.165) is 28.9 Å². The van der Waals surface area contributed by atoms with Crippen molar-refractivity contribution in [1.29, 1.82) is 0 Å². The number of amides is 1. The number of alkyl halides is 3. The predicted molar refractivity (Wildman–Crippen MR) is 144 cm³/mol. The van der Waals surface area contributed by atoms with Gasteiger partial charge in [-0.1, -0.05) is 13.8 Å². The molecule has 1 aromatic carbocycles. The van der Waals surface area contributed by atoms with Crippen molar-refractivity contribution in [2.24, 2.45) is 5.41 Å². The Morgan fingerprint density at radius 1 is 1.30 bits per heavy atom. The average molecular weight is 671 g/mol. The van der Waals surface area contributed by atoms with Crippen molar-refractivity contribution in [3.63, 3.8) is 0 Å². The molecule has 0 aliphatic carbocycles. The molecule has 1 amide bonds. The van der Waals surface area contributed by atoms with Crippen LogP contribution in [-0.4, -0.2) is 39.8 Å². The predicted octanol–water partition coefficient (Wildman–Crippen LogP) is 5.61. The van der Waals surface area contributed by atoms with Gasteiger partial charge in [-0.05, 0) is 71.2 Å². The number of halogens is 6. The minimum atomic E-state index is -4.68. The maximum absolute atomic E-state index is 14.7. The zero-order valence-corrected chi connectivity index (χ0v) is 23.6. The lowest BCUT2D eigenvalue weighted by atomic mass is 9.85. The van der Waals surface area contributed by atoms with E-state index in [0.29, 0.717) is 37.5 Å². The molecule has 7 nitrogen and oxygen atoms in total. The van der Waals surface area contributed by atoms with Gasteiger partial charge in [-0.2, -0.15) is 13.2 Å². The number of carbonyl (C=O) groups is 1. The first-order valence-electron chi connectivity index (χ1n) is 11.3.